The lowest BCUT2D eigenvalue weighted by Crippen LogP contribution is -2.52. The summed E-state index contributed by atoms with van der Waals surface area (Å²) < 4.78 is 5.87. The van der Waals surface area contributed by atoms with E-state index in [-0.39, 0.29) is 0 Å². The first-order chi connectivity index (χ1) is 10.2. The molecule has 124 valence electrons. The Kier molecular flexibility index (Phi) is 6.93. The Bertz CT molecular complexity index is 292. The van der Waals surface area contributed by atoms with Gasteiger partial charge in [0.1, 0.15) is 0 Å². The number of hydrogen-bond donors (Lipinski definition) is 1. The van der Waals surface area contributed by atoms with Crippen molar-refractivity contribution >= 4 is 0 Å². The lowest BCUT2D eigenvalue weighted by molar-refractivity contribution is -0.0312. The van der Waals surface area contributed by atoms with Gasteiger partial charge in [0, 0.05) is 37.7 Å². The minimum Gasteiger partial charge on any atom is -0.381 e. The van der Waals surface area contributed by atoms with E-state index in [1.165, 1.54) is 51.9 Å². The fourth-order valence-corrected chi connectivity index (χ4v) is 3.85. The van der Waals surface area contributed by atoms with Crippen LogP contribution < -0.4 is 5.32 Å². The average molecular weight is 297 g/mol. The van der Waals surface area contributed by atoms with Crippen molar-refractivity contribution in [2.24, 2.45) is 5.41 Å². The van der Waals surface area contributed by atoms with Crippen LogP contribution in [0.3, 0.4) is 0 Å². The van der Waals surface area contributed by atoms with Crippen molar-refractivity contribution in [2.75, 3.05) is 59.5 Å². The molecule has 2 aliphatic heterocycles. The van der Waals surface area contributed by atoms with E-state index in [4.69, 9.17) is 4.74 Å². The number of nitrogens with zero attached hydrogens (tertiary/aromatic N) is 2. The number of rotatable bonds is 6. The minimum atomic E-state index is 0.324. The monoisotopic (exact) mass is 297 g/mol. The van der Waals surface area contributed by atoms with Crippen LogP contribution in [0.4, 0.5) is 0 Å². The third-order valence-corrected chi connectivity index (χ3v) is 5.05. The van der Waals surface area contributed by atoms with Crippen molar-refractivity contribution in [3.05, 3.63) is 0 Å². The molecule has 1 N–H and O–H groups in total. The summed E-state index contributed by atoms with van der Waals surface area (Å²) in [4.78, 5) is 5.19. The van der Waals surface area contributed by atoms with Crippen molar-refractivity contribution in [2.45, 2.75) is 45.6 Å². The first-order valence-electron chi connectivity index (χ1n) is 8.86. The second kappa shape index (κ2) is 8.47. The van der Waals surface area contributed by atoms with E-state index in [1.807, 2.05) is 0 Å². The molecule has 0 aromatic heterocycles. The van der Waals surface area contributed by atoms with Crippen LogP contribution in [-0.2, 0) is 4.74 Å². The zero-order valence-electron chi connectivity index (χ0n) is 14.4. The van der Waals surface area contributed by atoms with Crippen LogP contribution in [0.2, 0.25) is 0 Å². The van der Waals surface area contributed by atoms with Crippen molar-refractivity contribution in [1.82, 2.24) is 15.1 Å². The third-order valence-electron chi connectivity index (χ3n) is 5.05. The van der Waals surface area contributed by atoms with Gasteiger partial charge in [-0.1, -0.05) is 6.92 Å². The maximum Gasteiger partial charge on any atom is 0.0546 e. The fraction of sp³-hybridized carbons (Fsp3) is 1.00. The zero-order chi connectivity index (χ0) is 15.1. The molecule has 2 rings (SSSR count). The van der Waals surface area contributed by atoms with Crippen LogP contribution in [0.5, 0.6) is 0 Å². The Morgan fingerprint density at radius 2 is 2.14 bits per heavy atom. The third kappa shape index (κ3) is 5.20. The van der Waals surface area contributed by atoms with Gasteiger partial charge in [0.05, 0.1) is 6.61 Å². The molecule has 2 atom stereocenters. The summed E-state index contributed by atoms with van der Waals surface area (Å²) in [6.07, 6.45) is 5.03. The van der Waals surface area contributed by atoms with Crippen molar-refractivity contribution in [1.29, 1.82) is 0 Å². The second-order valence-corrected chi connectivity index (χ2v) is 7.27. The van der Waals surface area contributed by atoms with Crippen LogP contribution >= 0.6 is 0 Å². The summed E-state index contributed by atoms with van der Waals surface area (Å²) in [7, 11) is 2.25. The van der Waals surface area contributed by atoms with Gasteiger partial charge in [-0.25, -0.2) is 0 Å². The van der Waals surface area contributed by atoms with E-state index in [0.717, 1.165) is 26.3 Å². The van der Waals surface area contributed by atoms with Crippen LogP contribution in [0.25, 0.3) is 0 Å². The molecular formula is C17H35N3O. The highest BCUT2D eigenvalue weighted by Gasteiger charge is 2.36. The van der Waals surface area contributed by atoms with E-state index >= 15 is 0 Å². The van der Waals surface area contributed by atoms with E-state index in [0.29, 0.717) is 11.5 Å². The zero-order valence-corrected chi connectivity index (χ0v) is 14.4. The molecule has 2 heterocycles. The number of ether oxygens (including phenoxy) is 1. The van der Waals surface area contributed by atoms with Gasteiger partial charge in [0.2, 0.25) is 0 Å². The van der Waals surface area contributed by atoms with Gasteiger partial charge in [0.25, 0.3) is 0 Å². The molecule has 0 spiro atoms. The SMILES string of the molecule is CCCNCC1(CN2CCCN(C)CC2C)CCCOC1. The molecule has 4 heteroatoms. The molecule has 0 aromatic rings. The Balaban J connectivity index is 1.96. The molecule has 0 aliphatic carbocycles. The lowest BCUT2D eigenvalue weighted by Gasteiger charge is -2.42. The van der Waals surface area contributed by atoms with Crippen molar-refractivity contribution in [3.63, 3.8) is 0 Å². The van der Waals surface area contributed by atoms with Crippen LogP contribution in [0.1, 0.15) is 39.5 Å². The van der Waals surface area contributed by atoms with Gasteiger partial charge in [-0.3, -0.25) is 4.90 Å². The minimum absolute atomic E-state index is 0.324. The standard InChI is InChI=1S/C17H35N3O/c1-4-8-18-13-17(7-5-11-21-15-17)14-20-10-6-9-19(3)12-16(20)2/h16,18H,4-15H2,1-3H3. The van der Waals surface area contributed by atoms with Crippen LogP contribution in [-0.4, -0.2) is 75.4 Å². The topological polar surface area (TPSA) is 27.7 Å². The van der Waals surface area contributed by atoms with E-state index in [9.17, 15) is 0 Å². The molecule has 21 heavy (non-hydrogen) atoms. The predicted molar refractivity (Wildman–Crippen MR) is 88.8 cm³/mol. The van der Waals surface area contributed by atoms with Gasteiger partial charge < -0.3 is 15.0 Å². The summed E-state index contributed by atoms with van der Waals surface area (Å²) >= 11 is 0. The maximum atomic E-state index is 5.87. The molecule has 2 fully saturated rings. The van der Waals surface area contributed by atoms with Crippen molar-refractivity contribution < 1.29 is 4.74 Å². The molecule has 0 radical (unpaired) electrons. The highest BCUT2D eigenvalue weighted by Crippen LogP contribution is 2.30. The first kappa shape index (κ1) is 17.2. The molecule has 0 bridgehead atoms. The summed E-state index contributed by atoms with van der Waals surface area (Å²) in [6, 6.07) is 0.655. The van der Waals surface area contributed by atoms with Gasteiger partial charge >= 0.3 is 0 Å². The fourth-order valence-electron chi connectivity index (χ4n) is 3.85. The van der Waals surface area contributed by atoms with Crippen LogP contribution in [0.15, 0.2) is 0 Å². The number of hydrogen-bond acceptors (Lipinski definition) is 4. The predicted octanol–water partition coefficient (Wildman–Crippen LogP) is 1.81. The maximum absolute atomic E-state index is 5.87. The lowest BCUT2D eigenvalue weighted by atomic mass is 9.81. The summed E-state index contributed by atoms with van der Waals surface area (Å²) in [6.45, 7) is 13.6. The Morgan fingerprint density at radius 1 is 1.29 bits per heavy atom. The van der Waals surface area contributed by atoms with Gasteiger partial charge in [0.15, 0.2) is 0 Å². The van der Waals surface area contributed by atoms with Crippen LogP contribution in [0, 0.1) is 5.41 Å². The molecule has 2 saturated heterocycles. The van der Waals surface area contributed by atoms with E-state index in [1.54, 1.807) is 0 Å². The molecule has 0 aromatic carbocycles. The summed E-state index contributed by atoms with van der Waals surface area (Å²) in [5.41, 5.74) is 0.324. The molecule has 0 saturated carbocycles. The highest BCUT2D eigenvalue weighted by molar-refractivity contribution is 4.89. The Hall–Kier alpha value is -0.160. The summed E-state index contributed by atoms with van der Waals surface area (Å²) in [5, 5.41) is 3.66. The quantitative estimate of drug-likeness (QED) is 0.757. The van der Waals surface area contributed by atoms with Crippen molar-refractivity contribution in [3.8, 4) is 0 Å². The first-order valence-corrected chi connectivity index (χ1v) is 8.86. The molecule has 2 aliphatic rings. The van der Waals surface area contributed by atoms with E-state index in [2.05, 4.69) is 36.0 Å². The van der Waals surface area contributed by atoms with Gasteiger partial charge in [-0.15, -0.1) is 0 Å². The molecule has 0 amide bonds. The Morgan fingerprint density at radius 3 is 2.86 bits per heavy atom. The number of likely N-dealkylation sites (N-methyl/N-ethyl adjacent to an activating group) is 1. The van der Waals surface area contributed by atoms with Gasteiger partial charge in [-0.05, 0) is 59.3 Å². The molecule has 4 nitrogen and oxygen atoms in total. The average Bonchev–Trinajstić information content (AvgIpc) is 2.62. The number of nitrogens with one attached hydrogen (secondary N) is 1. The second-order valence-electron chi connectivity index (χ2n) is 7.27. The molecular weight excluding hydrogens is 262 g/mol. The van der Waals surface area contributed by atoms with Gasteiger partial charge in [-0.2, -0.15) is 0 Å². The molecule has 2 unspecified atom stereocenters. The Labute approximate surface area is 131 Å². The highest BCUT2D eigenvalue weighted by atomic mass is 16.5. The van der Waals surface area contributed by atoms with E-state index < -0.39 is 0 Å². The largest absolute Gasteiger partial charge is 0.381 e. The summed E-state index contributed by atoms with van der Waals surface area (Å²) in [5.74, 6) is 0. The normalized spacial score (nSPS) is 33.0. The smallest absolute Gasteiger partial charge is 0.0546 e.